The molecule has 0 atom stereocenters. The molecule has 0 heterocycles. The Morgan fingerprint density at radius 2 is 1.83 bits per heavy atom. The predicted molar refractivity (Wildman–Crippen MR) is 97.9 cm³/mol. The lowest BCUT2D eigenvalue weighted by atomic mass is 9.72. The van der Waals surface area contributed by atoms with Crippen LogP contribution in [0.15, 0.2) is 58.9 Å². The third-order valence-corrected chi connectivity index (χ3v) is 4.18. The minimum atomic E-state index is -0.300. The molecular weight excluding hydrogens is 284 g/mol. The van der Waals surface area contributed by atoms with Crippen LogP contribution in [-0.4, -0.2) is 5.97 Å². The van der Waals surface area contributed by atoms with Crippen LogP contribution >= 0.6 is 0 Å². The van der Waals surface area contributed by atoms with Crippen LogP contribution in [-0.2, 0) is 9.53 Å². The molecule has 1 aliphatic rings. The van der Waals surface area contributed by atoms with Gasteiger partial charge in [-0.1, -0.05) is 55.4 Å². The summed E-state index contributed by atoms with van der Waals surface area (Å²) in [5.41, 5.74) is 5.37. The number of hydrogen-bond acceptors (Lipinski definition) is 2. The highest BCUT2D eigenvalue weighted by Crippen LogP contribution is 2.40. The first-order valence-electron chi connectivity index (χ1n) is 8.29. The molecule has 0 aliphatic heterocycles. The minimum absolute atomic E-state index is 0.276. The first-order valence-corrected chi connectivity index (χ1v) is 8.29. The van der Waals surface area contributed by atoms with Crippen molar-refractivity contribution >= 4 is 5.97 Å². The molecule has 0 spiro atoms. The van der Waals surface area contributed by atoms with E-state index in [1.54, 1.807) is 0 Å². The van der Waals surface area contributed by atoms with Crippen molar-refractivity contribution in [2.24, 2.45) is 5.41 Å². The maximum atomic E-state index is 10.7. The van der Waals surface area contributed by atoms with Crippen LogP contribution < -0.4 is 0 Å². The quantitative estimate of drug-likeness (QED) is 0.351. The highest BCUT2D eigenvalue weighted by Gasteiger charge is 2.26. The smallest absolute Gasteiger partial charge is 0.307 e. The molecule has 1 rings (SSSR count). The van der Waals surface area contributed by atoms with Gasteiger partial charge in [-0.05, 0) is 56.6 Å². The van der Waals surface area contributed by atoms with E-state index >= 15 is 0 Å². The molecule has 126 valence electrons. The SMILES string of the molecule is CC(=O)OC=C(C)/C=C/C=C(C)/C=C/C1=C(C)CCCC1(C)C. The van der Waals surface area contributed by atoms with Crippen molar-refractivity contribution < 1.29 is 9.53 Å². The molecular formula is C21H30O2. The number of carbonyl (C=O) groups excluding carboxylic acids is 1. The number of carbonyl (C=O) groups is 1. The van der Waals surface area contributed by atoms with Crippen molar-refractivity contribution in [3.63, 3.8) is 0 Å². The van der Waals surface area contributed by atoms with Gasteiger partial charge in [0, 0.05) is 6.92 Å². The van der Waals surface area contributed by atoms with Gasteiger partial charge in [-0.15, -0.1) is 0 Å². The van der Waals surface area contributed by atoms with E-state index in [0.717, 1.165) is 5.57 Å². The van der Waals surface area contributed by atoms with Crippen LogP contribution in [0.3, 0.4) is 0 Å². The molecule has 0 radical (unpaired) electrons. The largest absolute Gasteiger partial charge is 0.434 e. The zero-order chi connectivity index (χ0) is 17.5. The minimum Gasteiger partial charge on any atom is -0.434 e. The molecule has 2 heteroatoms. The van der Waals surface area contributed by atoms with Gasteiger partial charge in [0.15, 0.2) is 0 Å². The van der Waals surface area contributed by atoms with Gasteiger partial charge in [-0.2, -0.15) is 0 Å². The summed E-state index contributed by atoms with van der Waals surface area (Å²) < 4.78 is 4.83. The Balaban J connectivity index is 2.73. The summed E-state index contributed by atoms with van der Waals surface area (Å²) in [5.74, 6) is -0.300. The number of allylic oxidation sites excluding steroid dienone is 9. The van der Waals surface area contributed by atoms with Gasteiger partial charge >= 0.3 is 5.97 Å². The molecule has 1 aliphatic carbocycles. The summed E-state index contributed by atoms with van der Waals surface area (Å²) in [6.45, 7) is 12.3. The third kappa shape index (κ3) is 6.85. The molecule has 0 N–H and O–H groups in total. The number of esters is 1. The van der Waals surface area contributed by atoms with Crippen molar-refractivity contribution in [1.29, 1.82) is 0 Å². The van der Waals surface area contributed by atoms with Crippen molar-refractivity contribution in [1.82, 2.24) is 0 Å². The first kappa shape index (κ1) is 19.2. The average molecular weight is 314 g/mol. The Hall–Kier alpha value is -1.83. The van der Waals surface area contributed by atoms with E-state index in [-0.39, 0.29) is 11.4 Å². The zero-order valence-corrected chi connectivity index (χ0v) is 15.4. The molecule has 0 fully saturated rings. The fraction of sp³-hybridized carbons (Fsp3) is 0.476. The van der Waals surface area contributed by atoms with E-state index < -0.39 is 0 Å². The fourth-order valence-electron chi connectivity index (χ4n) is 2.85. The van der Waals surface area contributed by atoms with Gasteiger partial charge < -0.3 is 4.74 Å². The second kappa shape index (κ2) is 8.71. The highest BCUT2D eigenvalue weighted by atomic mass is 16.5. The van der Waals surface area contributed by atoms with Crippen LogP contribution in [0.4, 0.5) is 0 Å². The Bertz CT molecular complexity index is 581. The van der Waals surface area contributed by atoms with Crippen LogP contribution in [0.25, 0.3) is 0 Å². The molecule has 0 aromatic heterocycles. The van der Waals surface area contributed by atoms with Gasteiger partial charge in [0.25, 0.3) is 0 Å². The number of ether oxygens (including phenoxy) is 1. The Labute approximate surface area is 141 Å². The lowest BCUT2D eigenvalue weighted by Gasteiger charge is -2.32. The summed E-state index contributed by atoms with van der Waals surface area (Å²) in [6.07, 6.45) is 15.7. The van der Waals surface area contributed by atoms with Gasteiger partial charge in [-0.25, -0.2) is 0 Å². The Kier molecular flexibility index (Phi) is 7.28. The molecule has 0 saturated heterocycles. The summed E-state index contributed by atoms with van der Waals surface area (Å²) >= 11 is 0. The third-order valence-electron chi connectivity index (χ3n) is 4.18. The molecule has 0 aromatic rings. The van der Waals surface area contributed by atoms with E-state index in [2.05, 4.69) is 45.9 Å². The highest BCUT2D eigenvalue weighted by molar-refractivity contribution is 5.66. The Morgan fingerprint density at radius 3 is 2.43 bits per heavy atom. The second-order valence-electron chi connectivity index (χ2n) is 7.01. The van der Waals surface area contributed by atoms with Crippen molar-refractivity contribution in [2.75, 3.05) is 0 Å². The topological polar surface area (TPSA) is 26.3 Å². The van der Waals surface area contributed by atoms with Crippen molar-refractivity contribution in [2.45, 2.75) is 60.8 Å². The van der Waals surface area contributed by atoms with Gasteiger partial charge in [0.2, 0.25) is 0 Å². The molecule has 23 heavy (non-hydrogen) atoms. The molecule has 0 aromatic carbocycles. The maximum absolute atomic E-state index is 10.7. The van der Waals surface area contributed by atoms with E-state index in [0.29, 0.717) is 0 Å². The van der Waals surface area contributed by atoms with E-state index in [9.17, 15) is 4.79 Å². The molecule has 0 bridgehead atoms. The van der Waals surface area contributed by atoms with Crippen molar-refractivity contribution in [3.05, 3.63) is 58.9 Å². The summed E-state index contributed by atoms with van der Waals surface area (Å²) in [5, 5.41) is 0. The fourth-order valence-corrected chi connectivity index (χ4v) is 2.85. The van der Waals surface area contributed by atoms with E-state index in [1.807, 2.05) is 19.1 Å². The summed E-state index contributed by atoms with van der Waals surface area (Å²) in [7, 11) is 0. The zero-order valence-electron chi connectivity index (χ0n) is 15.4. The molecule has 0 unspecified atom stereocenters. The van der Waals surface area contributed by atoms with Crippen LogP contribution in [0.5, 0.6) is 0 Å². The van der Waals surface area contributed by atoms with E-state index in [4.69, 9.17) is 4.74 Å². The second-order valence-corrected chi connectivity index (χ2v) is 7.01. The van der Waals surface area contributed by atoms with Crippen LogP contribution in [0.1, 0.15) is 60.8 Å². The summed E-state index contributed by atoms with van der Waals surface area (Å²) in [4.78, 5) is 10.7. The van der Waals surface area contributed by atoms with Gasteiger partial charge in [0.1, 0.15) is 0 Å². The van der Waals surface area contributed by atoms with E-state index in [1.165, 1.54) is 49.2 Å². The standard InChI is InChI=1S/C21H30O2/c1-16(9-7-10-17(2)15-23-19(4)22)12-13-20-18(3)11-8-14-21(20,5)6/h7,9-10,12-13,15H,8,11,14H2,1-6H3/b10-7+,13-12+,16-9+,17-15?. The first-order chi connectivity index (χ1) is 10.7. The molecule has 0 amide bonds. The normalized spacial score (nSPS) is 19.7. The number of rotatable bonds is 5. The lowest BCUT2D eigenvalue weighted by Crippen LogP contribution is -2.19. The maximum Gasteiger partial charge on any atom is 0.307 e. The van der Waals surface area contributed by atoms with Crippen molar-refractivity contribution in [3.8, 4) is 0 Å². The van der Waals surface area contributed by atoms with Gasteiger partial charge in [-0.3, -0.25) is 4.79 Å². The predicted octanol–water partition coefficient (Wildman–Crippen LogP) is 6.04. The van der Waals surface area contributed by atoms with Gasteiger partial charge in [0.05, 0.1) is 6.26 Å². The Morgan fingerprint density at radius 1 is 1.13 bits per heavy atom. The van der Waals surface area contributed by atoms with Crippen LogP contribution in [0, 0.1) is 5.41 Å². The van der Waals surface area contributed by atoms with Crippen LogP contribution in [0.2, 0.25) is 0 Å². The molecule has 2 nitrogen and oxygen atoms in total. The summed E-state index contributed by atoms with van der Waals surface area (Å²) in [6, 6.07) is 0. The lowest BCUT2D eigenvalue weighted by molar-refractivity contribution is -0.135. The number of hydrogen-bond donors (Lipinski definition) is 0. The molecule has 0 saturated carbocycles. The average Bonchev–Trinajstić information content (AvgIpc) is 2.44. The monoisotopic (exact) mass is 314 g/mol.